The number of H-pyrrole nitrogens is 4. The molecule has 10 rings (SSSR count). The lowest BCUT2D eigenvalue weighted by Crippen LogP contribution is -2.14. The van der Waals surface area contributed by atoms with Crippen LogP contribution in [-0.4, -0.2) is 132 Å². The number of aromatic amines is 4. The topological polar surface area (TPSA) is 310 Å². The second-order valence-corrected chi connectivity index (χ2v) is 24.2. The molecule has 0 fully saturated rings. The van der Waals surface area contributed by atoms with Gasteiger partial charge in [-0.3, -0.25) is 19.2 Å². The average molecular weight is 1270 g/mol. The number of esters is 4. The lowest BCUT2D eigenvalue weighted by molar-refractivity contribution is -0.141. The van der Waals surface area contributed by atoms with Crippen LogP contribution in [0.3, 0.4) is 0 Å². The first-order chi connectivity index (χ1) is 44.4. The molecule has 10 heterocycles. The zero-order chi connectivity index (χ0) is 67.0. The average Bonchev–Trinajstić information content (AvgIpc) is 1.63. The van der Waals surface area contributed by atoms with Gasteiger partial charge in [-0.25, -0.2) is 19.9 Å². The van der Waals surface area contributed by atoms with E-state index < -0.39 is 37.6 Å². The van der Waals surface area contributed by atoms with Crippen LogP contribution in [0.1, 0.15) is 195 Å². The van der Waals surface area contributed by atoms with E-state index in [1.54, 1.807) is 0 Å². The van der Waals surface area contributed by atoms with Gasteiger partial charge in [0.2, 0.25) is 0 Å². The third-order valence-electron chi connectivity index (χ3n) is 18.7. The highest BCUT2D eigenvalue weighted by Gasteiger charge is 2.30. The zero-order valence-electron chi connectivity index (χ0n) is 55.3. The number of aliphatic hydroxyl groups excluding tert-OH is 4. The number of hydrogen-bond acceptors (Lipinski definition) is 17. The second-order valence-electron chi connectivity index (χ2n) is 24.2. The van der Waals surface area contributed by atoms with Crippen molar-refractivity contribution < 1.29 is 63.3 Å². The Labute approximate surface area is 538 Å². The molecule has 93 heavy (non-hydrogen) atoms. The predicted octanol–water partition coefficient (Wildman–Crippen LogP) is 12.1. The predicted molar refractivity (Wildman–Crippen MR) is 358 cm³/mol. The number of ether oxygens (including phenoxy) is 5. The quantitative estimate of drug-likeness (QED) is 0.0260. The van der Waals surface area contributed by atoms with E-state index in [2.05, 4.69) is 19.9 Å². The summed E-state index contributed by atoms with van der Waals surface area (Å²) in [5.41, 5.74) is 22.2. The fourth-order valence-corrected chi connectivity index (χ4v) is 13.4. The van der Waals surface area contributed by atoms with E-state index in [4.69, 9.17) is 43.6 Å². The van der Waals surface area contributed by atoms with Crippen molar-refractivity contribution in [3.05, 3.63) is 139 Å². The molecule has 4 aliphatic rings. The maximum Gasteiger partial charge on any atom is 0.305 e. The molecule has 0 radical (unpaired) electrons. The normalized spacial score (nSPS) is 14.6. The number of nitrogens with one attached hydrogen (secondary N) is 4. The molecular formula is C72H82N8O13. The number of aryl methyl sites for hydroxylation is 5. The van der Waals surface area contributed by atoms with Crippen LogP contribution in [-0.2, 0) is 49.3 Å². The lowest BCUT2D eigenvalue weighted by Gasteiger charge is -2.21. The summed E-state index contributed by atoms with van der Waals surface area (Å²) in [6.07, 6.45) is -2.09. The van der Waals surface area contributed by atoms with E-state index in [1.165, 1.54) is 28.4 Å². The molecule has 0 amide bonds. The van der Waals surface area contributed by atoms with Crippen LogP contribution in [0.25, 0.3) is 88.7 Å². The van der Waals surface area contributed by atoms with E-state index in [0.717, 1.165) is 72.3 Å². The largest absolute Gasteiger partial charge is 0.469 e. The Hall–Kier alpha value is -9.12. The first kappa shape index (κ1) is 66.8. The van der Waals surface area contributed by atoms with Gasteiger partial charge < -0.3 is 64.0 Å². The Balaban J connectivity index is 1.21. The molecule has 0 saturated heterocycles. The number of rotatable bonds is 20. The van der Waals surface area contributed by atoms with Gasteiger partial charge in [-0.05, 0) is 210 Å². The van der Waals surface area contributed by atoms with Crippen molar-refractivity contribution in [3.8, 4) is 0 Å². The molecule has 0 aromatic carbocycles. The number of carbonyl (C=O) groups is 4. The van der Waals surface area contributed by atoms with E-state index >= 15 is 0 Å². The third kappa shape index (κ3) is 13.2. The van der Waals surface area contributed by atoms with Crippen molar-refractivity contribution in [2.24, 2.45) is 0 Å². The fourth-order valence-electron chi connectivity index (χ4n) is 13.4. The third-order valence-corrected chi connectivity index (χ3v) is 18.7. The Morgan fingerprint density at radius 3 is 1.17 bits per heavy atom. The summed E-state index contributed by atoms with van der Waals surface area (Å²) in [7, 11) is 5.43. The molecule has 4 unspecified atom stereocenters. The summed E-state index contributed by atoms with van der Waals surface area (Å²) in [6, 6.07) is 15.4. The van der Waals surface area contributed by atoms with Gasteiger partial charge in [0.25, 0.3) is 0 Å². The summed E-state index contributed by atoms with van der Waals surface area (Å²) in [5, 5.41) is 44.1. The molecule has 4 aliphatic heterocycles. The number of methoxy groups -OCH3 is 4. The van der Waals surface area contributed by atoms with E-state index in [0.29, 0.717) is 132 Å². The number of allylic oxidation sites excluding steroid dienone is 7. The van der Waals surface area contributed by atoms with Crippen molar-refractivity contribution in [1.82, 2.24) is 39.9 Å². The number of carbonyl (C=O) groups excluding carboxylic acids is 4. The number of aromatic nitrogens is 8. The second kappa shape index (κ2) is 27.6. The lowest BCUT2D eigenvalue weighted by atomic mass is 9.98. The maximum atomic E-state index is 12.8. The molecule has 8 N–H and O–H groups in total. The molecule has 6 aromatic rings. The zero-order valence-corrected chi connectivity index (χ0v) is 55.3. The number of fused-ring (bicyclic) bond motifs is 16. The van der Waals surface area contributed by atoms with Crippen molar-refractivity contribution in [1.29, 1.82) is 0 Å². The minimum atomic E-state index is -1.27. The SMILES string of the molecule is COC(=O)CCC1=C(C)c2cc3[nH]c(cc4[nH]c(cc5nc(cc1n2)C(CCC(=O)OC)=C5C)c(C(C)OC(C)c1c(C)c2cc5nc(cc6nc(cc7[nH]c(cc1[nH]2)c(C)c7CCC(=O)OC)C(CCC(=O)OC)=C6C)C(C)=C5C(O)CO)c4C)c(C(O)CO)c3C. The number of aliphatic hydroxyl groups is 4. The van der Waals surface area contributed by atoms with Gasteiger partial charge in [0.05, 0.1) is 99.4 Å². The maximum absolute atomic E-state index is 12.8. The van der Waals surface area contributed by atoms with Crippen LogP contribution in [0.4, 0.5) is 0 Å². The van der Waals surface area contributed by atoms with Gasteiger partial charge in [-0.2, -0.15) is 0 Å². The van der Waals surface area contributed by atoms with Crippen molar-refractivity contribution in [2.75, 3.05) is 41.7 Å². The standard InChI is InChI=1S/C72H82N8O13/c1-33-43(15-19-65(85)89-11)55-29-57-45(17-21-67(87)91-13)35(3)49(75-57)25-59-69(37(5)53(77-59)27-61-71(63(83)31-81)39(7)51(79-61)23-47(33)73-55)41(9)93-42(10)70-38(6)54-28-62-72(64(84)32-82)40(8)52(80-62)24-48-34(2)44(16-20-66(86)90-12)56(74-48)30-58-46(18-22-68(88)92-14)36(4)50(76-58)26-60(70)78-54/h23-30,41-42,63-64,75,77-78,80-84H,15-22,31-32H2,1-14H3. The van der Waals surface area contributed by atoms with Gasteiger partial charge in [0.1, 0.15) is 12.2 Å². The monoisotopic (exact) mass is 1270 g/mol. The Bertz CT molecular complexity index is 4550. The molecule has 0 spiro atoms. The van der Waals surface area contributed by atoms with Crippen molar-refractivity contribution in [3.63, 3.8) is 0 Å². The minimum Gasteiger partial charge on any atom is -0.469 e. The van der Waals surface area contributed by atoms with Crippen LogP contribution in [0.5, 0.6) is 0 Å². The minimum absolute atomic E-state index is 0.0919. The molecule has 6 aromatic heterocycles. The summed E-state index contributed by atoms with van der Waals surface area (Å²) < 4.78 is 27.7. The van der Waals surface area contributed by atoms with Crippen LogP contribution in [0, 0.1) is 27.7 Å². The summed E-state index contributed by atoms with van der Waals surface area (Å²) in [6.45, 7) is 18.5. The van der Waals surface area contributed by atoms with Crippen LogP contribution < -0.4 is 0 Å². The van der Waals surface area contributed by atoms with Gasteiger partial charge in [-0.15, -0.1) is 0 Å². The first-order valence-electron chi connectivity index (χ1n) is 31.2. The highest BCUT2D eigenvalue weighted by atomic mass is 16.5. The highest BCUT2D eigenvalue weighted by Crippen LogP contribution is 2.43. The van der Waals surface area contributed by atoms with E-state index in [-0.39, 0.29) is 49.6 Å². The first-order valence-corrected chi connectivity index (χ1v) is 31.2. The summed E-state index contributed by atoms with van der Waals surface area (Å²) in [5.74, 6) is -1.50. The number of hydrogen-bond donors (Lipinski definition) is 8. The molecule has 488 valence electrons. The van der Waals surface area contributed by atoms with E-state index in [9.17, 15) is 39.6 Å². The molecular weight excluding hydrogens is 1180 g/mol. The van der Waals surface area contributed by atoms with Crippen LogP contribution in [0.2, 0.25) is 0 Å². The highest BCUT2D eigenvalue weighted by molar-refractivity contribution is 5.99. The Morgan fingerprint density at radius 1 is 0.387 bits per heavy atom. The number of nitrogens with zero attached hydrogens (tertiary/aromatic N) is 4. The van der Waals surface area contributed by atoms with Gasteiger partial charge in [-0.1, -0.05) is 0 Å². The molecule has 16 bridgehead atoms. The van der Waals surface area contributed by atoms with Gasteiger partial charge in [0.15, 0.2) is 0 Å². The molecule has 21 heteroatoms. The summed E-state index contributed by atoms with van der Waals surface area (Å²) >= 11 is 0. The van der Waals surface area contributed by atoms with Crippen LogP contribution >= 0.6 is 0 Å². The smallest absolute Gasteiger partial charge is 0.305 e. The summed E-state index contributed by atoms with van der Waals surface area (Å²) in [4.78, 5) is 86.2. The molecule has 0 aliphatic carbocycles. The van der Waals surface area contributed by atoms with Gasteiger partial charge in [0, 0.05) is 92.1 Å². The Kier molecular flexibility index (Phi) is 19.8. The van der Waals surface area contributed by atoms with Crippen LogP contribution in [0.15, 0.2) is 48.5 Å². The molecule has 21 nitrogen and oxygen atoms in total. The Morgan fingerprint density at radius 2 is 0.710 bits per heavy atom. The molecule has 0 saturated carbocycles. The van der Waals surface area contributed by atoms with E-state index in [1.807, 2.05) is 118 Å². The fraction of sp³-hybridized carbons (Fsp3) is 0.389. The van der Waals surface area contributed by atoms with Crippen molar-refractivity contribution >= 4 is 113 Å². The molecule has 4 atom stereocenters. The van der Waals surface area contributed by atoms with Crippen molar-refractivity contribution in [2.45, 2.75) is 145 Å². The van der Waals surface area contributed by atoms with Gasteiger partial charge >= 0.3 is 23.9 Å².